The SMILES string of the molecule is C[C@@H](NC(=O)Cc1ccc(N2CCCC2=O)cc1)c1ccc(Cl)cc1. The number of nitrogens with one attached hydrogen (secondary N) is 1. The van der Waals surface area contributed by atoms with Crippen molar-refractivity contribution in [1.29, 1.82) is 0 Å². The number of halogens is 1. The lowest BCUT2D eigenvalue weighted by atomic mass is 10.1. The van der Waals surface area contributed by atoms with Crippen molar-refractivity contribution in [2.75, 3.05) is 11.4 Å². The van der Waals surface area contributed by atoms with E-state index >= 15 is 0 Å². The predicted molar refractivity (Wildman–Crippen MR) is 99.7 cm³/mol. The van der Waals surface area contributed by atoms with Gasteiger partial charge in [0.25, 0.3) is 0 Å². The van der Waals surface area contributed by atoms with Crippen molar-refractivity contribution >= 4 is 29.1 Å². The second-order valence-corrected chi connectivity index (χ2v) is 6.77. The Morgan fingerprint density at radius 1 is 1.16 bits per heavy atom. The van der Waals surface area contributed by atoms with Crippen molar-refractivity contribution in [3.05, 3.63) is 64.7 Å². The van der Waals surface area contributed by atoms with Gasteiger partial charge in [0.1, 0.15) is 0 Å². The fraction of sp³-hybridized carbons (Fsp3) is 0.300. The Bertz CT molecular complexity index is 756. The Balaban J connectivity index is 1.57. The molecule has 1 aliphatic heterocycles. The summed E-state index contributed by atoms with van der Waals surface area (Å²) >= 11 is 5.89. The third-order valence-electron chi connectivity index (χ3n) is 4.43. The van der Waals surface area contributed by atoms with Crippen LogP contribution in [-0.4, -0.2) is 18.4 Å². The van der Waals surface area contributed by atoms with E-state index in [-0.39, 0.29) is 17.9 Å². The van der Waals surface area contributed by atoms with E-state index in [1.54, 1.807) is 4.90 Å². The molecule has 1 heterocycles. The van der Waals surface area contributed by atoms with Crippen LogP contribution in [0, 0.1) is 0 Å². The molecule has 1 fully saturated rings. The molecule has 4 nitrogen and oxygen atoms in total. The quantitative estimate of drug-likeness (QED) is 0.883. The molecule has 1 atom stereocenters. The zero-order chi connectivity index (χ0) is 17.8. The molecular weight excluding hydrogens is 336 g/mol. The highest BCUT2D eigenvalue weighted by atomic mass is 35.5. The monoisotopic (exact) mass is 356 g/mol. The lowest BCUT2D eigenvalue weighted by Crippen LogP contribution is -2.28. The largest absolute Gasteiger partial charge is 0.349 e. The molecular formula is C20H21ClN2O2. The Labute approximate surface area is 152 Å². The fourth-order valence-corrected chi connectivity index (χ4v) is 3.15. The van der Waals surface area contributed by atoms with E-state index in [9.17, 15) is 9.59 Å². The van der Waals surface area contributed by atoms with Gasteiger partial charge in [-0.2, -0.15) is 0 Å². The maximum atomic E-state index is 12.3. The fourth-order valence-electron chi connectivity index (χ4n) is 3.03. The minimum absolute atomic E-state index is 0.0348. The molecule has 1 aliphatic rings. The second kappa shape index (κ2) is 7.70. The number of nitrogens with zero attached hydrogens (tertiary/aromatic N) is 1. The first-order valence-electron chi connectivity index (χ1n) is 8.47. The van der Waals surface area contributed by atoms with Gasteiger partial charge in [-0.15, -0.1) is 0 Å². The average molecular weight is 357 g/mol. The van der Waals surface area contributed by atoms with Crippen molar-refractivity contribution in [3.8, 4) is 0 Å². The molecule has 0 bridgehead atoms. The number of carbonyl (C=O) groups is 2. The number of rotatable bonds is 5. The van der Waals surface area contributed by atoms with E-state index < -0.39 is 0 Å². The number of anilines is 1. The van der Waals surface area contributed by atoms with Crippen molar-refractivity contribution < 1.29 is 9.59 Å². The average Bonchev–Trinajstić information content (AvgIpc) is 3.02. The maximum Gasteiger partial charge on any atom is 0.227 e. The van der Waals surface area contributed by atoms with E-state index in [1.165, 1.54) is 0 Å². The third kappa shape index (κ3) is 4.40. The minimum atomic E-state index is -0.0775. The normalized spacial score (nSPS) is 15.3. The number of benzene rings is 2. The van der Waals surface area contributed by atoms with Gasteiger partial charge >= 0.3 is 0 Å². The summed E-state index contributed by atoms with van der Waals surface area (Å²) in [6.07, 6.45) is 1.84. The summed E-state index contributed by atoms with van der Waals surface area (Å²) in [5, 5.41) is 3.67. The molecule has 5 heteroatoms. The summed E-state index contributed by atoms with van der Waals surface area (Å²) < 4.78 is 0. The van der Waals surface area contributed by atoms with Crippen LogP contribution in [0.3, 0.4) is 0 Å². The number of amides is 2. The number of hydrogen-bond acceptors (Lipinski definition) is 2. The van der Waals surface area contributed by atoms with Crippen LogP contribution in [0.2, 0.25) is 5.02 Å². The standard InChI is InChI=1S/C20H21ClN2O2/c1-14(16-6-8-17(21)9-7-16)22-19(24)13-15-4-10-18(11-5-15)23-12-2-3-20(23)25/h4-11,14H,2-3,12-13H2,1H3,(H,22,24)/t14-/m1/s1. The molecule has 0 aromatic heterocycles. The van der Waals surface area contributed by atoms with Crippen LogP contribution in [0.1, 0.15) is 36.9 Å². The van der Waals surface area contributed by atoms with Crippen molar-refractivity contribution in [1.82, 2.24) is 5.32 Å². The first-order chi connectivity index (χ1) is 12.0. The summed E-state index contributed by atoms with van der Waals surface area (Å²) in [6.45, 7) is 2.72. The second-order valence-electron chi connectivity index (χ2n) is 6.33. The molecule has 130 valence electrons. The van der Waals surface area contributed by atoms with Crippen LogP contribution >= 0.6 is 11.6 Å². The Kier molecular flexibility index (Phi) is 5.39. The zero-order valence-electron chi connectivity index (χ0n) is 14.2. The van der Waals surface area contributed by atoms with Gasteiger partial charge in [-0.1, -0.05) is 35.9 Å². The highest BCUT2D eigenvalue weighted by Gasteiger charge is 2.21. The Hall–Kier alpha value is -2.33. The molecule has 25 heavy (non-hydrogen) atoms. The number of hydrogen-bond donors (Lipinski definition) is 1. The van der Waals surface area contributed by atoms with E-state index in [4.69, 9.17) is 11.6 Å². The third-order valence-corrected chi connectivity index (χ3v) is 4.69. The van der Waals surface area contributed by atoms with Gasteiger partial charge in [0.2, 0.25) is 11.8 Å². The lowest BCUT2D eigenvalue weighted by Gasteiger charge is -2.17. The van der Waals surface area contributed by atoms with Gasteiger partial charge < -0.3 is 10.2 Å². The van der Waals surface area contributed by atoms with E-state index in [0.29, 0.717) is 17.9 Å². The molecule has 0 spiro atoms. The maximum absolute atomic E-state index is 12.3. The molecule has 2 amide bonds. The molecule has 0 radical (unpaired) electrons. The van der Waals surface area contributed by atoms with Gasteiger partial charge in [0, 0.05) is 23.7 Å². The molecule has 2 aromatic rings. The lowest BCUT2D eigenvalue weighted by molar-refractivity contribution is -0.121. The van der Waals surface area contributed by atoms with Gasteiger partial charge in [-0.05, 0) is 48.7 Å². The highest BCUT2D eigenvalue weighted by Crippen LogP contribution is 2.22. The summed E-state index contributed by atoms with van der Waals surface area (Å²) in [4.78, 5) is 25.8. The van der Waals surface area contributed by atoms with Crippen LogP contribution in [0.4, 0.5) is 5.69 Å². The Morgan fingerprint density at radius 2 is 1.84 bits per heavy atom. The summed E-state index contributed by atoms with van der Waals surface area (Å²) in [6, 6.07) is 15.0. The summed E-state index contributed by atoms with van der Waals surface area (Å²) in [7, 11) is 0. The van der Waals surface area contributed by atoms with Crippen LogP contribution < -0.4 is 10.2 Å². The van der Waals surface area contributed by atoms with Gasteiger partial charge in [-0.25, -0.2) is 0 Å². The molecule has 1 N–H and O–H groups in total. The van der Waals surface area contributed by atoms with Crippen LogP contribution in [0.15, 0.2) is 48.5 Å². The molecule has 0 aliphatic carbocycles. The molecule has 1 saturated heterocycles. The molecule has 2 aromatic carbocycles. The topological polar surface area (TPSA) is 49.4 Å². The van der Waals surface area contributed by atoms with Crippen LogP contribution in [-0.2, 0) is 16.0 Å². The molecule has 3 rings (SSSR count). The van der Waals surface area contributed by atoms with E-state index in [2.05, 4.69) is 5.32 Å². The predicted octanol–water partition coefficient (Wildman–Crippen LogP) is 3.89. The van der Waals surface area contributed by atoms with Gasteiger partial charge in [0.05, 0.1) is 12.5 Å². The van der Waals surface area contributed by atoms with Crippen molar-refractivity contribution in [2.24, 2.45) is 0 Å². The Morgan fingerprint density at radius 3 is 2.44 bits per heavy atom. The van der Waals surface area contributed by atoms with Crippen LogP contribution in [0.25, 0.3) is 0 Å². The zero-order valence-corrected chi connectivity index (χ0v) is 14.9. The number of carbonyl (C=O) groups excluding carboxylic acids is 2. The first-order valence-corrected chi connectivity index (χ1v) is 8.85. The molecule has 0 unspecified atom stereocenters. The van der Waals surface area contributed by atoms with E-state index in [1.807, 2.05) is 55.5 Å². The van der Waals surface area contributed by atoms with Crippen LogP contribution in [0.5, 0.6) is 0 Å². The van der Waals surface area contributed by atoms with Gasteiger partial charge in [-0.3, -0.25) is 9.59 Å². The van der Waals surface area contributed by atoms with Gasteiger partial charge in [0.15, 0.2) is 0 Å². The smallest absolute Gasteiger partial charge is 0.227 e. The van der Waals surface area contributed by atoms with E-state index in [0.717, 1.165) is 29.8 Å². The summed E-state index contributed by atoms with van der Waals surface area (Å²) in [5.74, 6) is 0.134. The first kappa shape index (κ1) is 17.5. The molecule has 0 saturated carbocycles. The van der Waals surface area contributed by atoms with Crippen molar-refractivity contribution in [3.63, 3.8) is 0 Å². The highest BCUT2D eigenvalue weighted by molar-refractivity contribution is 6.30. The van der Waals surface area contributed by atoms with Crippen molar-refractivity contribution in [2.45, 2.75) is 32.2 Å². The summed E-state index contributed by atoms with van der Waals surface area (Å²) in [5.41, 5.74) is 2.85. The minimum Gasteiger partial charge on any atom is -0.349 e.